The van der Waals surface area contributed by atoms with Crippen LogP contribution in [-0.4, -0.2) is 27.1 Å². The number of carboxylic acid groups (broad SMARTS) is 1. The molecule has 29 heavy (non-hydrogen) atoms. The van der Waals surface area contributed by atoms with E-state index in [4.69, 9.17) is 5.11 Å². The van der Waals surface area contributed by atoms with Crippen LogP contribution in [0.4, 0.5) is 4.79 Å². The lowest BCUT2D eigenvalue weighted by Gasteiger charge is -2.12. The van der Waals surface area contributed by atoms with Gasteiger partial charge < -0.3 is 15.7 Å². The van der Waals surface area contributed by atoms with E-state index in [1.165, 1.54) is 0 Å². The normalized spacial score (nSPS) is 10.4. The fraction of sp³-hybridized carbons (Fsp3) is 0.182. The molecule has 2 heterocycles. The van der Waals surface area contributed by atoms with Gasteiger partial charge in [0.15, 0.2) is 0 Å². The molecule has 0 spiro atoms. The Hall–Kier alpha value is -3.74. The van der Waals surface area contributed by atoms with Gasteiger partial charge in [0.1, 0.15) is 0 Å². The van der Waals surface area contributed by atoms with Gasteiger partial charge in [-0.3, -0.25) is 14.8 Å². The van der Waals surface area contributed by atoms with Crippen molar-refractivity contribution in [1.82, 2.24) is 20.6 Å². The van der Waals surface area contributed by atoms with Gasteiger partial charge in [0.2, 0.25) is 0 Å². The van der Waals surface area contributed by atoms with Crippen LogP contribution in [0, 0.1) is 13.8 Å². The highest BCUT2D eigenvalue weighted by atomic mass is 16.4. The second-order valence-corrected chi connectivity index (χ2v) is 6.76. The number of aromatic nitrogens is 2. The van der Waals surface area contributed by atoms with Gasteiger partial charge in [-0.25, -0.2) is 4.79 Å². The number of aryl methyl sites for hydroxylation is 2. The maximum Gasteiger partial charge on any atom is 0.404 e. The van der Waals surface area contributed by atoms with Crippen molar-refractivity contribution in [3.63, 3.8) is 0 Å². The van der Waals surface area contributed by atoms with Crippen molar-refractivity contribution in [3.05, 3.63) is 82.9 Å². The van der Waals surface area contributed by atoms with Crippen LogP contribution < -0.4 is 10.6 Å². The Bertz CT molecular complexity index is 1030. The van der Waals surface area contributed by atoms with Crippen molar-refractivity contribution < 1.29 is 14.7 Å². The second kappa shape index (κ2) is 8.97. The molecule has 0 aliphatic rings. The number of hydrogen-bond acceptors (Lipinski definition) is 4. The third kappa shape index (κ3) is 5.38. The Kier molecular flexibility index (Phi) is 6.19. The van der Waals surface area contributed by atoms with Crippen molar-refractivity contribution in [3.8, 4) is 11.1 Å². The summed E-state index contributed by atoms with van der Waals surface area (Å²) in [5.74, 6) is -0.245. The molecule has 0 aliphatic heterocycles. The van der Waals surface area contributed by atoms with Crippen LogP contribution in [0.15, 0.2) is 55.0 Å². The average Bonchev–Trinajstić information content (AvgIpc) is 2.71. The van der Waals surface area contributed by atoms with E-state index in [-0.39, 0.29) is 12.5 Å². The summed E-state index contributed by atoms with van der Waals surface area (Å²) in [4.78, 5) is 32.0. The summed E-state index contributed by atoms with van der Waals surface area (Å²) in [6, 6.07) is 11.0. The van der Waals surface area contributed by atoms with E-state index in [0.29, 0.717) is 17.7 Å². The fourth-order valence-corrected chi connectivity index (χ4v) is 2.91. The van der Waals surface area contributed by atoms with Gasteiger partial charge in [-0.15, -0.1) is 0 Å². The molecule has 2 aromatic heterocycles. The minimum absolute atomic E-state index is 0.102. The molecular weight excluding hydrogens is 368 g/mol. The van der Waals surface area contributed by atoms with E-state index in [1.54, 1.807) is 30.7 Å². The van der Waals surface area contributed by atoms with Crippen molar-refractivity contribution in [1.29, 1.82) is 0 Å². The minimum atomic E-state index is -1.12. The number of rotatable bonds is 6. The molecule has 0 unspecified atom stereocenters. The van der Waals surface area contributed by atoms with E-state index in [1.807, 2.05) is 38.1 Å². The predicted molar refractivity (Wildman–Crippen MR) is 109 cm³/mol. The molecule has 0 saturated heterocycles. The Labute approximate surface area is 168 Å². The molecule has 1 aromatic carbocycles. The summed E-state index contributed by atoms with van der Waals surface area (Å²) in [6.07, 6.45) is 4.05. The van der Waals surface area contributed by atoms with Gasteiger partial charge in [0.25, 0.3) is 5.91 Å². The summed E-state index contributed by atoms with van der Waals surface area (Å²) in [7, 11) is 0. The highest BCUT2D eigenvalue weighted by Gasteiger charge is 2.12. The molecule has 0 fully saturated rings. The maximum absolute atomic E-state index is 12.8. The van der Waals surface area contributed by atoms with Crippen LogP contribution in [0.25, 0.3) is 11.1 Å². The van der Waals surface area contributed by atoms with E-state index in [9.17, 15) is 9.59 Å². The maximum atomic E-state index is 12.8. The molecule has 0 saturated carbocycles. The highest BCUT2D eigenvalue weighted by Crippen LogP contribution is 2.25. The molecule has 2 amide bonds. The first-order valence-corrected chi connectivity index (χ1v) is 9.14. The van der Waals surface area contributed by atoms with Gasteiger partial charge in [-0.1, -0.05) is 6.07 Å². The molecule has 0 atom stereocenters. The topological polar surface area (TPSA) is 104 Å². The minimum Gasteiger partial charge on any atom is -0.465 e. The van der Waals surface area contributed by atoms with Gasteiger partial charge in [-0.2, -0.15) is 0 Å². The molecule has 3 aromatic rings. The van der Waals surface area contributed by atoms with Crippen LogP contribution in [0.2, 0.25) is 0 Å². The first-order chi connectivity index (χ1) is 13.9. The summed E-state index contributed by atoms with van der Waals surface area (Å²) in [5.41, 5.74) is 5.67. The van der Waals surface area contributed by atoms with E-state index < -0.39 is 6.09 Å². The van der Waals surface area contributed by atoms with E-state index in [2.05, 4.69) is 20.6 Å². The monoisotopic (exact) mass is 390 g/mol. The lowest BCUT2D eigenvalue weighted by Crippen LogP contribution is -2.24. The van der Waals surface area contributed by atoms with Gasteiger partial charge in [0.05, 0.1) is 0 Å². The van der Waals surface area contributed by atoms with Gasteiger partial charge in [-0.05, 0) is 66.4 Å². The molecule has 0 radical (unpaired) electrons. The summed E-state index contributed by atoms with van der Waals surface area (Å²) >= 11 is 0. The fourth-order valence-electron chi connectivity index (χ4n) is 2.91. The third-order valence-corrected chi connectivity index (χ3v) is 4.47. The zero-order valence-corrected chi connectivity index (χ0v) is 16.3. The third-order valence-electron chi connectivity index (χ3n) is 4.47. The SMILES string of the molecule is Cc1ccc(CNC(=O)c2cc(CNC(=O)O)cc(-c3cnccc3C)c2)cn1. The first kappa shape index (κ1) is 20.0. The zero-order valence-electron chi connectivity index (χ0n) is 16.3. The standard InChI is InChI=1S/C22H22N4O3/c1-14-5-6-23-13-20(14)18-7-17(12-26-22(28)29)8-19(9-18)21(27)25-11-16-4-3-15(2)24-10-16/h3-10,13,26H,11-12H2,1-2H3,(H,25,27)(H,28,29). The second-order valence-electron chi connectivity index (χ2n) is 6.76. The average molecular weight is 390 g/mol. The Balaban J connectivity index is 1.87. The van der Waals surface area contributed by atoms with E-state index >= 15 is 0 Å². The number of nitrogens with one attached hydrogen (secondary N) is 2. The lowest BCUT2D eigenvalue weighted by molar-refractivity contribution is 0.0950. The number of carbonyl (C=O) groups excluding carboxylic acids is 1. The molecule has 0 aliphatic carbocycles. The van der Waals surface area contributed by atoms with Gasteiger partial charge in [0, 0.05) is 48.5 Å². The molecule has 3 N–H and O–H groups in total. The molecule has 7 nitrogen and oxygen atoms in total. The van der Waals surface area contributed by atoms with Crippen LogP contribution in [0.1, 0.15) is 32.7 Å². The lowest BCUT2D eigenvalue weighted by atomic mass is 9.97. The van der Waals surface area contributed by atoms with Crippen LogP contribution in [0.5, 0.6) is 0 Å². The molecule has 3 rings (SSSR count). The first-order valence-electron chi connectivity index (χ1n) is 9.14. The largest absolute Gasteiger partial charge is 0.465 e. The van der Waals surface area contributed by atoms with Crippen molar-refractivity contribution in [2.45, 2.75) is 26.9 Å². The summed E-state index contributed by atoms with van der Waals surface area (Å²) in [6.45, 7) is 4.32. The Morgan fingerprint density at radius 1 is 0.966 bits per heavy atom. The number of hydrogen-bond donors (Lipinski definition) is 3. The number of nitrogens with zero attached hydrogens (tertiary/aromatic N) is 2. The number of benzene rings is 1. The molecule has 7 heteroatoms. The number of amides is 2. The number of carbonyl (C=O) groups is 2. The molecule has 0 bridgehead atoms. The molecule has 148 valence electrons. The van der Waals surface area contributed by atoms with Crippen LogP contribution in [0.3, 0.4) is 0 Å². The molecular formula is C22H22N4O3. The van der Waals surface area contributed by atoms with Crippen LogP contribution >= 0.6 is 0 Å². The Morgan fingerprint density at radius 3 is 2.45 bits per heavy atom. The van der Waals surface area contributed by atoms with Crippen molar-refractivity contribution in [2.24, 2.45) is 0 Å². The summed E-state index contributed by atoms with van der Waals surface area (Å²) < 4.78 is 0. The van der Waals surface area contributed by atoms with Crippen molar-refractivity contribution >= 4 is 12.0 Å². The zero-order chi connectivity index (χ0) is 20.8. The highest BCUT2D eigenvalue weighted by molar-refractivity contribution is 5.95. The number of pyridine rings is 2. The predicted octanol–water partition coefficient (Wildman–Crippen LogP) is 3.46. The summed E-state index contributed by atoms with van der Waals surface area (Å²) in [5, 5.41) is 14.1. The van der Waals surface area contributed by atoms with Crippen molar-refractivity contribution in [2.75, 3.05) is 0 Å². The van der Waals surface area contributed by atoms with Gasteiger partial charge >= 0.3 is 6.09 Å². The van der Waals surface area contributed by atoms with Crippen LogP contribution in [-0.2, 0) is 13.1 Å². The van der Waals surface area contributed by atoms with E-state index in [0.717, 1.165) is 27.9 Å². The quantitative estimate of drug-likeness (QED) is 0.598. The smallest absolute Gasteiger partial charge is 0.404 e. The Morgan fingerprint density at radius 2 is 1.76 bits per heavy atom.